The quantitative estimate of drug-likeness (QED) is 0.241. The highest BCUT2D eigenvalue weighted by Crippen LogP contribution is 2.34. The molecular weight excluding hydrogens is 554 g/mol. The van der Waals surface area contributed by atoms with Gasteiger partial charge >= 0.3 is 0 Å². The third kappa shape index (κ3) is 5.00. The Labute approximate surface area is 189 Å². The molecule has 5 nitrogen and oxygen atoms in total. The van der Waals surface area contributed by atoms with E-state index < -0.39 is 16.1 Å². The van der Waals surface area contributed by atoms with Crippen molar-refractivity contribution in [2.45, 2.75) is 23.6 Å². The lowest BCUT2D eigenvalue weighted by molar-refractivity contribution is -0.119. The van der Waals surface area contributed by atoms with E-state index in [4.69, 9.17) is 51.2 Å². The van der Waals surface area contributed by atoms with Gasteiger partial charge in [-0.1, -0.05) is 46.4 Å². The number of amides is 1. The fourth-order valence-corrected chi connectivity index (χ4v) is 4.21. The molecule has 1 amide bonds. The lowest BCUT2D eigenvalue weighted by Gasteiger charge is -2.27. The Kier molecular flexibility index (Phi) is 8.04. The van der Waals surface area contributed by atoms with E-state index in [0.29, 0.717) is 20.6 Å². The number of hydroxylamine groups is 2. The Morgan fingerprint density at radius 1 is 1.33 bits per heavy atom. The van der Waals surface area contributed by atoms with E-state index in [1.807, 2.05) is 0 Å². The molecule has 0 aliphatic carbocycles. The van der Waals surface area contributed by atoms with Gasteiger partial charge < -0.3 is 0 Å². The third-order valence-corrected chi connectivity index (χ3v) is 5.74. The minimum Gasteiger partial charge on any atom is -0.274 e. The predicted molar refractivity (Wildman–Crippen MR) is 114 cm³/mol. The first-order valence-electron chi connectivity index (χ1n) is 7.60. The van der Waals surface area contributed by atoms with Crippen LogP contribution in [0.4, 0.5) is 4.39 Å². The van der Waals surface area contributed by atoms with Crippen LogP contribution in [0.15, 0.2) is 12.1 Å². The highest BCUT2D eigenvalue weighted by molar-refractivity contribution is 14.1. The lowest BCUT2D eigenvalue weighted by Crippen LogP contribution is -2.39. The monoisotopic (exact) mass is 567 g/mol. The van der Waals surface area contributed by atoms with Crippen LogP contribution < -0.4 is 0 Å². The van der Waals surface area contributed by atoms with E-state index >= 15 is 0 Å². The normalized spacial score (nSPS) is 13.5. The number of hydrogen-bond acceptors (Lipinski definition) is 3. The molecule has 0 saturated heterocycles. The van der Waals surface area contributed by atoms with Crippen LogP contribution in [0, 0.1) is 0 Å². The summed E-state index contributed by atoms with van der Waals surface area (Å²) in [5.41, 5.74) is 0.493. The molecule has 0 N–H and O–H groups in total. The van der Waals surface area contributed by atoms with Crippen molar-refractivity contribution in [3.63, 3.8) is 0 Å². The smallest absolute Gasteiger partial charge is 0.274 e. The second-order valence-electron chi connectivity index (χ2n) is 5.69. The first-order valence-corrected chi connectivity index (χ1v) is 10.4. The molecular formula is C16H15Cl4FIN3O2. The van der Waals surface area contributed by atoms with Gasteiger partial charge in [-0.05, 0) is 53.6 Å². The maximum absolute atomic E-state index is 13.9. The molecule has 2 atom stereocenters. The first kappa shape index (κ1) is 23.0. The van der Waals surface area contributed by atoms with Crippen LogP contribution in [-0.2, 0) is 18.3 Å². The lowest BCUT2D eigenvalue weighted by atomic mass is 10.1. The first-order chi connectivity index (χ1) is 12.6. The number of halogens is 6. The standard InChI is InChI=1S/C16H15Cl4FIN3O2/c1-7(4-9-10(18)5-8(17)6-11(9)19)25(27-3)16(26)12-13(15(21)22)23-24(2)14(12)20/h5-7,15H,4H2,1-3H3/t7-,15?/m0/s1. The average Bonchev–Trinajstić information content (AvgIpc) is 2.87. The second-order valence-corrected chi connectivity index (χ2v) is 8.39. The zero-order chi connectivity index (χ0) is 20.5. The summed E-state index contributed by atoms with van der Waals surface area (Å²) in [6.45, 7) is 1.74. The number of carbonyl (C=O) groups excluding carboxylic acids is 1. The predicted octanol–water partition coefficient (Wildman–Crippen LogP) is 6.07. The Hall–Kier alpha value is -0.320. The third-order valence-electron chi connectivity index (χ3n) is 3.83. The molecule has 0 aliphatic rings. The molecule has 11 heteroatoms. The molecule has 1 heterocycles. The van der Waals surface area contributed by atoms with Crippen LogP contribution in [0.3, 0.4) is 0 Å². The minimum absolute atomic E-state index is 0.0196. The maximum Gasteiger partial charge on any atom is 0.282 e. The Morgan fingerprint density at radius 2 is 1.89 bits per heavy atom. The summed E-state index contributed by atoms with van der Waals surface area (Å²) in [6, 6.07) is 2.64. The summed E-state index contributed by atoms with van der Waals surface area (Å²) >= 11 is 26.0. The van der Waals surface area contributed by atoms with Gasteiger partial charge in [0.15, 0.2) is 4.18 Å². The summed E-state index contributed by atoms with van der Waals surface area (Å²) in [5.74, 6) is -0.612. The van der Waals surface area contributed by atoms with Gasteiger partial charge in [-0.15, -0.1) is 0 Å². The Morgan fingerprint density at radius 3 is 2.37 bits per heavy atom. The highest BCUT2D eigenvalue weighted by atomic mass is 127. The van der Waals surface area contributed by atoms with E-state index in [1.165, 1.54) is 41.4 Å². The van der Waals surface area contributed by atoms with Gasteiger partial charge in [-0.25, -0.2) is 9.45 Å². The van der Waals surface area contributed by atoms with Crippen molar-refractivity contribution < 1.29 is 14.0 Å². The maximum atomic E-state index is 13.9. The molecule has 0 bridgehead atoms. The molecule has 0 aliphatic heterocycles. The zero-order valence-electron chi connectivity index (χ0n) is 14.4. The van der Waals surface area contributed by atoms with E-state index in [2.05, 4.69) is 5.10 Å². The van der Waals surface area contributed by atoms with Crippen molar-refractivity contribution in [2.75, 3.05) is 7.11 Å². The number of nitrogens with zero attached hydrogens (tertiary/aromatic N) is 3. The molecule has 0 radical (unpaired) electrons. The van der Waals surface area contributed by atoms with Crippen molar-refractivity contribution in [3.05, 3.63) is 49.2 Å². The van der Waals surface area contributed by atoms with E-state index in [0.717, 1.165) is 5.06 Å². The summed E-state index contributed by atoms with van der Waals surface area (Å²) in [6.07, 6.45) is 0.283. The number of benzene rings is 1. The minimum atomic E-state index is -1.51. The average molecular weight is 569 g/mol. The Balaban J connectivity index is 2.36. The molecule has 0 saturated carbocycles. The molecule has 27 heavy (non-hydrogen) atoms. The van der Waals surface area contributed by atoms with E-state index in [1.54, 1.807) is 19.1 Å². The van der Waals surface area contributed by atoms with Gasteiger partial charge in [-0.3, -0.25) is 14.3 Å². The summed E-state index contributed by atoms with van der Waals surface area (Å²) in [5, 5.41) is 6.24. The van der Waals surface area contributed by atoms with Crippen molar-refractivity contribution >= 4 is 74.9 Å². The SMILES string of the molecule is CON(C(=O)c1c(C(F)I)nn(C)c1Cl)[C@@H](C)Cc1c(Cl)cc(Cl)cc1Cl. The molecule has 1 aromatic carbocycles. The summed E-state index contributed by atoms with van der Waals surface area (Å²) in [7, 11) is 2.86. The van der Waals surface area contributed by atoms with Crippen LogP contribution in [0.1, 0.15) is 32.7 Å². The zero-order valence-corrected chi connectivity index (χ0v) is 19.6. The van der Waals surface area contributed by atoms with Crippen LogP contribution in [-0.4, -0.2) is 33.9 Å². The number of aryl methyl sites for hydroxylation is 1. The number of hydrogen-bond donors (Lipinski definition) is 0. The van der Waals surface area contributed by atoms with Crippen molar-refractivity contribution in [1.29, 1.82) is 0 Å². The molecule has 2 rings (SSSR count). The molecule has 0 fully saturated rings. The van der Waals surface area contributed by atoms with Gasteiger partial charge in [0.2, 0.25) is 0 Å². The molecule has 1 aromatic heterocycles. The molecule has 1 unspecified atom stereocenters. The van der Waals surface area contributed by atoms with Crippen LogP contribution in [0.2, 0.25) is 20.2 Å². The van der Waals surface area contributed by atoms with Crippen LogP contribution >= 0.6 is 69.0 Å². The Bertz CT molecular complexity index is 839. The molecule has 148 valence electrons. The summed E-state index contributed by atoms with van der Waals surface area (Å²) < 4.78 is 13.6. The van der Waals surface area contributed by atoms with Gasteiger partial charge in [0.1, 0.15) is 16.4 Å². The van der Waals surface area contributed by atoms with Gasteiger partial charge in [0.25, 0.3) is 5.91 Å². The van der Waals surface area contributed by atoms with Crippen LogP contribution in [0.25, 0.3) is 0 Å². The number of aromatic nitrogens is 2. The number of alkyl halides is 2. The fraction of sp³-hybridized carbons (Fsp3) is 0.375. The largest absolute Gasteiger partial charge is 0.282 e. The molecule has 0 spiro atoms. The second kappa shape index (κ2) is 9.45. The highest BCUT2D eigenvalue weighted by Gasteiger charge is 2.32. The van der Waals surface area contributed by atoms with Crippen molar-refractivity contribution in [3.8, 4) is 0 Å². The van der Waals surface area contributed by atoms with Gasteiger partial charge in [0, 0.05) is 22.1 Å². The van der Waals surface area contributed by atoms with Crippen molar-refractivity contribution in [1.82, 2.24) is 14.8 Å². The summed E-state index contributed by atoms with van der Waals surface area (Å²) in [4.78, 5) is 18.3. The van der Waals surface area contributed by atoms with E-state index in [9.17, 15) is 9.18 Å². The van der Waals surface area contributed by atoms with Crippen molar-refractivity contribution in [2.24, 2.45) is 7.05 Å². The van der Waals surface area contributed by atoms with Gasteiger partial charge in [0.05, 0.1) is 13.2 Å². The molecule has 2 aromatic rings. The number of carbonyl (C=O) groups is 1. The topological polar surface area (TPSA) is 47.4 Å². The van der Waals surface area contributed by atoms with Crippen LogP contribution in [0.5, 0.6) is 0 Å². The fourth-order valence-electron chi connectivity index (χ4n) is 2.59. The van der Waals surface area contributed by atoms with E-state index in [-0.39, 0.29) is 22.8 Å². The number of rotatable bonds is 6. The van der Waals surface area contributed by atoms with Gasteiger partial charge in [-0.2, -0.15) is 5.10 Å².